The van der Waals surface area contributed by atoms with Crippen molar-refractivity contribution in [3.8, 4) is 0 Å². The average Bonchev–Trinajstić information content (AvgIpc) is 3.34. The third-order valence-corrected chi connectivity index (χ3v) is 5.65. The molecule has 5 N–H and O–H groups in total. The number of alkyl carbamates (subject to hydrolysis) is 1. The molecule has 2 rings (SSSR count). The summed E-state index contributed by atoms with van der Waals surface area (Å²) in [6.07, 6.45) is 1.16. The molecular weight excluding hydrogens is 494 g/mol. The largest absolute Gasteiger partial charge is 0.445 e. The number of nitrogens with two attached hydrogens (primary N) is 1. The van der Waals surface area contributed by atoms with E-state index in [0.717, 1.165) is 5.56 Å². The third kappa shape index (κ3) is 11.1. The van der Waals surface area contributed by atoms with E-state index in [0.29, 0.717) is 38.8 Å². The number of likely N-dealkylation sites (tertiary alicyclic amines) is 1. The molecule has 1 saturated heterocycles. The summed E-state index contributed by atoms with van der Waals surface area (Å²) in [5.41, 5.74) is 5.34. The number of carbonyl (C=O) groups is 5. The summed E-state index contributed by atoms with van der Waals surface area (Å²) in [4.78, 5) is 62.7. The van der Waals surface area contributed by atoms with Crippen molar-refractivity contribution in [3.05, 3.63) is 35.9 Å². The molecule has 1 aliphatic heterocycles. The Bertz CT molecular complexity index is 964. The Hall–Kier alpha value is -3.83. The van der Waals surface area contributed by atoms with Crippen molar-refractivity contribution in [1.29, 1.82) is 0 Å². The number of nitrogens with one attached hydrogen (secondary N) is 3. The highest BCUT2D eigenvalue weighted by atomic mass is 16.6. The molecule has 1 fully saturated rings. The number of hydrogen-bond donors (Lipinski definition) is 4. The number of hydrogen-bond acceptors (Lipinski definition) is 7. The number of amides is 5. The summed E-state index contributed by atoms with van der Waals surface area (Å²) in [7, 11) is 0. The highest BCUT2D eigenvalue weighted by Gasteiger charge is 2.36. The van der Waals surface area contributed by atoms with Crippen LogP contribution >= 0.6 is 0 Å². The van der Waals surface area contributed by atoms with E-state index in [1.165, 1.54) is 4.90 Å². The van der Waals surface area contributed by atoms with Gasteiger partial charge in [0.15, 0.2) is 0 Å². The lowest BCUT2D eigenvalue weighted by Crippen LogP contribution is -2.53. The molecule has 1 aliphatic rings. The normalized spacial score (nSPS) is 15.8. The summed E-state index contributed by atoms with van der Waals surface area (Å²) >= 11 is 0. The van der Waals surface area contributed by atoms with Crippen molar-refractivity contribution in [2.24, 2.45) is 5.73 Å². The van der Waals surface area contributed by atoms with Gasteiger partial charge in [-0.15, -0.1) is 0 Å². The van der Waals surface area contributed by atoms with E-state index in [-0.39, 0.29) is 19.6 Å². The Morgan fingerprint density at radius 3 is 2.45 bits per heavy atom. The van der Waals surface area contributed by atoms with E-state index in [1.54, 1.807) is 20.8 Å². The van der Waals surface area contributed by atoms with Crippen molar-refractivity contribution in [2.75, 3.05) is 19.6 Å². The quantitative estimate of drug-likeness (QED) is 0.296. The molecule has 5 amide bonds. The van der Waals surface area contributed by atoms with Gasteiger partial charge in [-0.25, -0.2) is 9.59 Å². The Kier molecular flexibility index (Phi) is 11.8. The zero-order valence-electron chi connectivity index (χ0n) is 22.3. The molecular formula is C26H39N5O7. The van der Waals surface area contributed by atoms with Crippen LogP contribution in [0.3, 0.4) is 0 Å². The molecule has 0 radical (unpaired) electrons. The van der Waals surface area contributed by atoms with Gasteiger partial charge in [0.2, 0.25) is 17.7 Å². The van der Waals surface area contributed by atoms with Gasteiger partial charge in [-0.3, -0.25) is 19.3 Å². The smallest absolute Gasteiger partial charge is 0.410 e. The number of benzene rings is 1. The van der Waals surface area contributed by atoms with Gasteiger partial charge in [-0.05, 0) is 58.4 Å². The summed E-state index contributed by atoms with van der Waals surface area (Å²) in [5.74, 6) is -1.76. The van der Waals surface area contributed by atoms with Crippen LogP contribution in [0.15, 0.2) is 30.3 Å². The van der Waals surface area contributed by atoms with E-state index in [1.807, 2.05) is 30.3 Å². The molecule has 2 unspecified atom stereocenters. The van der Waals surface area contributed by atoms with Gasteiger partial charge < -0.3 is 31.2 Å². The summed E-state index contributed by atoms with van der Waals surface area (Å²) < 4.78 is 10.6. The SMILES string of the molecule is CC(C)(C)OC(=O)NCCCCC(NC(=O)C1CCCN1C(=O)OCc1ccccc1)C(=O)NCC(N)=O. The van der Waals surface area contributed by atoms with Crippen molar-refractivity contribution >= 4 is 29.9 Å². The maximum Gasteiger partial charge on any atom is 0.410 e. The van der Waals surface area contributed by atoms with Crippen LogP contribution < -0.4 is 21.7 Å². The molecule has 0 saturated carbocycles. The van der Waals surface area contributed by atoms with Crippen LogP contribution in [0.4, 0.5) is 9.59 Å². The monoisotopic (exact) mass is 533 g/mol. The third-order valence-electron chi connectivity index (χ3n) is 5.65. The van der Waals surface area contributed by atoms with Crippen LogP contribution in [0.1, 0.15) is 58.4 Å². The Morgan fingerprint density at radius 1 is 1.08 bits per heavy atom. The van der Waals surface area contributed by atoms with Crippen molar-refractivity contribution in [1.82, 2.24) is 20.9 Å². The summed E-state index contributed by atoms with van der Waals surface area (Å²) in [6.45, 7) is 5.69. The number of ether oxygens (including phenoxy) is 2. The predicted octanol–water partition coefficient (Wildman–Crippen LogP) is 1.57. The zero-order chi connectivity index (χ0) is 28.1. The van der Waals surface area contributed by atoms with Crippen molar-refractivity contribution in [3.63, 3.8) is 0 Å². The Balaban J connectivity index is 1.91. The van der Waals surface area contributed by atoms with E-state index in [4.69, 9.17) is 15.2 Å². The minimum absolute atomic E-state index is 0.0833. The predicted molar refractivity (Wildman–Crippen MR) is 139 cm³/mol. The maximum absolute atomic E-state index is 13.1. The summed E-state index contributed by atoms with van der Waals surface area (Å²) in [5, 5.41) is 7.76. The maximum atomic E-state index is 13.1. The number of carbonyl (C=O) groups excluding carboxylic acids is 5. The van der Waals surface area contributed by atoms with Crippen LogP contribution in [-0.4, -0.2) is 72.1 Å². The van der Waals surface area contributed by atoms with Crippen LogP contribution in [0.25, 0.3) is 0 Å². The van der Waals surface area contributed by atoms with Gasteiger partial charge >= 0.3 is 12.2 Å². The minimum Gasteiger partial charge on any atom is -0.445 e. The fraction of sp³-hybridized carbons (Fsp3) is 0.577. The molecule has 0 bridgehead atoms. The van der Waals surface area contributed by atoms with E-state index in [2.05, 4.69) is 16.0 Å². The first-order valence-corrected chi connectivity index (χ1v) is 12.8. The van der Waals surface area contributed by atoms with Crippen LogP contribution in [0.2, 0.25) is 0 Å². The lowest BCUT2D eigenvalue weighted by atomic mass is 10.1. The average molecular weight is 534 g/mol. The molecule has 0 aliphatic carbocycles. The van der Waals surface area contributed by atoms with Gasteiger partial charge in [0, 0.05) is 13.1 Å². The lowest BCUT2D eigenvalue weighted by Gasteiger charge is -2.26. The first-order chi connectivity index (χ1) is 18.0. The highest BCUT2D eigenvalue weighted by molar-refractivity contribution is 5.92. The Labute approximate surface area is 223 Å². The number of rotatable bonds is 12. The molecule has 12 heteroatoms. The molecule has 1 aromatic carbocycles. The number of unbranched alkanes of at least 4 members (excludes halogenated alkanes) is 1. The molecule has 38 heavy (non-hydrogen) atoms. The van der Waals surface area contributed by atoms with Gasteiger partial charge in [-0.1, -0.05) is 30.3 Å². The fourth-order valence-corrected chi connectivity index (χ4v) is 3.87. The summed E-state index contributed by atoms with van der Waals surface area (Å²) in [6, 6.07) is 7.47. The fourth-order valence-electron chi connectivity index (χ4n) is 3.87. The van der Waals surface area contributed by atoms with E-state index >= 15 is 0 Å². The van der Waals surface area contributed by atoms with Gasteiger partial charge in [0.05, 0.1) is 6.54 Å². The topological polar surface area (TPSA) is 169 Å². The Morgan fingerprint density at radius 2 is 1.79 bits per heavy atom. The molecule has 2 atom stereocenters. The standard InChI is InChI=1S/C26H39N5O7/c1-26(2,3)38-24(35)28-14-8-7-12-19(22(33)29-16-21(27)32)30-23(34)20-13-9-15-31(20)25(36)37-17-18-10-5-4-6-11-18/h4-6,10-11,19-20H,7-9,12-17H2,1-3H3,(H2,27,32)(H,28,35)(H,29,33)(H,30,34). The van der Waals surface area contributed by atoms with Crippen LogP contribution in [-0.2, 0) is 30.5 Å². The van der Waals surface area contributed by atoms with E-state index in [9.17, 15) is 24.0 Å². The molecule has 12 nitrogen and oxygen atoms in total. The van der Waals surface area contributed by atoms with Crippen LogP contribution in [0.5, 0.6) is 0 Å². The molecule has 0 aromatic heterocycles. The van der Waals surface area contributed by atoms with Gasteiger partial charge in [0.1, 0.15) is 24.3 Å². The lowest BCUT2D eigenvalue weighted by molar-refractivity contribution is -0.132. The van der Waals surface area contributed by atoms with Crippen LogP contribution in [0, 0.1) is 0 Å². The molecule has 0 spiro atoms. The zero-order valence-corrected chi connectivity index (χ0v) is 22.3. The molecule has 1 aromatic rings. The first-order valence-electron chi connectivity index (χ1n) is 12.8. The second kappa shape index (κ2) is 14.8. The molecule has 210 valence electrons. The van der Waals surface area contributed by atoms with Gasteiger partial charge in [0.25, 0.3) is 0 Å². The second-order valence-corrected chi connectivity index (χ2v) is 10.1. The van der Waals surface area contributed by atoms with Gasteiger partial charge in [-0.2, -0.15) is 0 Å². The number of nitrogens with zero attached hydrogens (tertiary/aromatic N) is 1. The molecule has 1 heterocycles. The van der Waals surface area contributed by atoms with Crippen molar-refractivity contribution in [2.45, 2.75) is 77.2 Å². The van der Waals surface area contributed by atoms with E-state index < -0.39 is 47.6 Å². The highest BCUT2D eigenvalue weighted by Crippen LogP contribution is 2.20. The minimum atomic E-state index is -0.953. The van der Waals surface area contributed by atoms with Crippen molar-refractivity contribution < 1.29 is 33.4 Å². The second-order valence-electron chi connectivity index (χ2n) is 10.1. The number of primary amides is 1. The first kappa shape index (κ1) is 30.4.